The van der Waals surface area contributed by atoms with E-state index in [2.05, 4.69) is 83.9 Å². The van der Waals surface area contributed by atoms with Crippen LogP contribution >= 0.6 is 0 Å². The molecule has 2 fully saturated rings. The number of unbranched alkanes of at least 4 members (excludes halogenated alkanes) is 5. The number of anilines is 2. The Kier molecular flexibility index (Phi) is 12.8. The SMILES string of the molecule is CCCCCCCCc1ccc(N(c2[c-]c(-c3ccccn3)ccc2)C2[CH-]C(C3CCCC[N-]3)CCC2)cc1.[Pt]. The molecule has 0 bridgehead atoms. The number of hydrogen-bond donors (Lipinski definition) is 0. The predicted molar refractivity (Wildman–Crippen MR) is 165 cm³/mol. The third kappa shape index (κ3) is 8.53. The summed E-state index contributed by atoms with van der Waals surface area (Å²) in [4.78, 5) is 7.14. The molecular weight excluding hydrogens is 669 g/mol. The number of benzene rings is 2. The standard InChI is InChI=1S/C36H46N3.Pt/c1-2-3-4-5-6-7-14-29-21-23-32(24-22-29)39(33-17-12-15-30(27-33)35-19-8-10-25-37-35)34-18-13-16-31(28-34)36-20-9-11-26-38-36;/h8,10,12,15,17,19,21-25,28,31,34,36H,2-7,9,11,13-14,16,18,20,26H2,1H3;/q-3;. The Hall–Kier alpha value is -1.96. The average Bonchev–Trinajstić information content (AvgIpc) is 3.01. The average molecular weight is 716 g/mol. The summed E-state index contributed by atoms with van der Waals surface area (Å²) in [5.41, 5.74) is 5.86. The van der Waals surface area contributed by atoms with Crippen molar-refractivity contribution in [1.82, 2.24) is 4.98 Å². The van der Waals surface area contributed by atoms with E-state index < -0.39 is 0 Å². The molecule has 4 heteroatoms. The summed E-state index contributed by atoms with van der Waals surface area (Å²) in [7, 11) is 0. The second-order valence-electron chi connectivity index (χ2n) is 11.5. The molecule has 0 amide bonds. The van der Waals surface area contributed by atoms with Gasteiger partial charge in [0, 0.05) is 32.9 Å². The van der Waals surface area contributed by atoms with Crippen molar-refractivity contribution in [3.05, 3.63) is 90.2 Å². The number of piperidine rings is 1. The Bertz CT molecular complexity index is 1110. The molecule has 3 nitrogen and oxygen atoms in total. The molecule has 2 aliphatic rings. The fourth-order valence-electron chi connectivity index (χ4n) is 6.45. The first-order valence-corrected chi connectivity index (χ1v) is 15.7. The van der Waals surface area contributed by atoms with E-state index in [1.807, 2.05) is 12.3 Å². The first-order chi connectivity index (χ1) is 19.3. The molecule has 218 valence electrons. The molecule has 1 saturated carbocycles. The second kappa shape index (κ2) is 16.5. The summed E-state index contributed by atoms with van der Waals surface area (Å²) >= 11 is 0. The number of rotatable bonds is 12. The molecule has 1 aliphatic heterocycles. The van der Waals surface area contributed by atoms with Crippen molar-refractivity contribution >= 4 is 11.4 Å². The maximum Gasteiger partial charge on any atom is 0.0375 e. The van der Waals surface area contributed by atoms with Crippen molar-refractivity contribution in [1.29, 1.82) is 0 Å². The van der Waals surface area contributed by atoms with E-state index in [4.69, 9.17) is 5.32 Å². The molecule has 3 aromatic rings. The van der Waals surface area contributed by atoms with Gasteiger partial charge in [-0.2, -0.15) is 12.0 Å². The van der Waals surface area contributed by atoms with Gasteiger partial charge in [0.05, 0.1) is 0 Å². The number of aromatic nitrogens is 1. The first kappa shape index (κ1) is 31.0. The zero-order chi connectivity index (χ0) is 26.7. The maximum absolute atomic E-state index is 5.04. The molecule has 0 radical (unpaired) electrons. The van der Waals surface area contributed by atoms with E-state index in [-0.39, 0.29) is 21.1 Å². The van der Waals surface area contributed by atoms with Gasteiger partial charge in [-0.05, 0) is 48.0 Å². The summed E-state index contributed by atoms with van der Waals surface area (Å²) < 4.78 is 0. The van der Waals surface area contributed by atoms with Crippen molar-refractivity contribution in [2.75, 3.05) is 11.4 Å². The Morgan fingerprint density at radius 1 is 0.875 bits per heavy atom. The Labute approximate surface area is 257 Å². The van der Waals surface area contributed by atoms with Crippen LogP contribution in [0.1, 0.15) is 89.5 Å². The van der Waals surface area contributed by atoms with Gasteiger partial charge in [0.15, 0.2) is 0 Å². The molecule has 40 heavy (non-hydrogen) atoms. The second-order valence-corrected chi connectivity index (χ2v) is 11.5. The Balaban J connectivity index is 0.00000370. The molecule has 0 spiro atoms. The largest absolute Gasteiger partial charge is 0.661 e. The summed E-state index contributed by atoms with van der Waals surface area (Å²) in [6, 6.07) is 26.6. The van der Waals surface area contributed by atoms with Gasteiger partial charge < -0.3 is 21.6 Å². The molecular formula is C36H46N3Pt-3. The van der Waals surface area contributed by atoms with Crippen molar-refractivity contribution < 1.29 is 21.1 Å². The van der Waals surface area contributed by atoms with Gasteiger partial charge in [-0.3, -0.25) is 0 Å². The quantitative estimate of drug-likeness (QED) is 0.138. The van der Waals surface area contributed by atoms with Gasteiger partial charge >= 0.3 is 0 Å². The molecule has 1 aromatic heterocycles. The van der Waals surface area contributed by atoms with Crippen LogP contribution in [0.25, 0.3) is 16.6 Å². The molecule has 3 atom stereocenters. The minimum Gasteiger partial charge on any atom is -0.661 e. The van der Waals surface area contributed by atoms with Crippen molar-refractivity contribution in [3.8, 4) is 11.3 Å². The van der Waals surface area contributed by atoms with E-state index in [0.29, 0.717) is 18.0 Å². The topological polar surface area (TPSA) is 30.2 Å². The van der Waals surface area contributed by atoms with Crippen molar-refractivity contribution in [3.63, 3.8) is 0 Å². The van der Waals surface area contributed by atoms with Gasteiger partial charge in [-0.1, -0.05) is 108 Å². The van der Waals surface area contributed by atoms with E-state index in [1.165, 1.54) is 94.7 Å². The number of hydrogen-bond acceptors (Lipinski definition) is 2. The molecule has 2 heterocycles. The maximum atomic E-state index is 5.04. The van der Waals surface area contributed by atoms with E-state index in [0.717, 1.165) is 23.5 Å². The number of pyridine rings is 1. The molecule has 0 N–H and O–H groups in total. The van der Waals surface area contributed by atoms with Crippen LogP contribution < -0.4 is 4.90 Å². The molecule has 1 aliphatic carbocycles. The summed E-state index contributed by atoms with van der Waals surface area (Å²) in [6.45, 7) is 3.33. The zero-order valence-corrected chi connectivity index (χ0v) is 26.5. The summed E-state index contributed by atoms with van der Waals surface area (Å²) in [5, 5.41) is 5.04. The van der Waals surface area contributed by atoms with Crippen molar-refractivity contribution in [2.45, 2.75) is 102 Å². The molecule has 1 saturated heterocycles. The molecule has 5 rings (SSSR count). The van der Waals surface area contributed by atoms with Crippen LogP contribution in [0.15, 0.2) is 66.9 Å². The predicted octanol–water partition coefficient (Wildman–Crippen LogP) is 9.89. The van der Waals surface area contributed by atoms with Crippen LogP contribution in [0.5, 0.6) is 0 Å². The third-order valence-electron chi connectivity index (χ3n) is 8.62. The zero-order valence-electron chi connectivity index (χ0n) is 24.2. The normalized spacial score (nSPS) is 21.0. The van der Waals surface area contributed by atoms with Gasteiger partial charge in [-0.15, -0.1) is 36.4 Å². The van der Waals surface area contributed by atoms with Crippen LogP contribution in [0.4, 0.5) is 11.4 Å². The van der Waals surface area contributed by atoms with E-state index >= 15 is 0 Å². The number of nitrogens with zero attached hydrogens (tertiary/aromatic N) is 3. The number of aryl methyl sites for hydroxylation is 1. The monoisotopic (exact) mass is 715 g/mol. The van der Waals surface area contributed by atoms with Crippen LogP contribution in [-0.4, -0.2) is 23.6 Å². The van der Waals surface area contributed by atoms with Crippen LogP contribution in [0.2, 0.25) is 0 Å². The minimum atomic E-state index is 0. The Morgan fingerprint density at radius 3 is 2.50 bits per heavy atom. The smallest absolute Gasteiger partial charge is 0.0375 e. The Morgan fingerprint density at radius 2 is 1.73 bits per heavy atom. The van der Waals surface area contributed by atoms with E-state index in [9.17, 15) is 0 Å². The van der Waals surface area contributed by atoms with Gasteiger partial charge in [-0.25, -0.2) is 0 Å². The molecule has 3 unspecified atom stereocenters. The van der Waals surface area contributed by atoms with Gasteiger partial charge in [0.25, 0.3) is 0 Å². The van der Waals surface area contributed by atoms with Gasteiger partial charge in [0.2, 0.25) is 0 Å². The first-order valence-electron chi connectivity index (χ1n) is 15.7. The van der Waals surface area contributed by atoms with Crippen LogP contribution in [0.3, 0.4) is 0 Å². The van der Waals surface area contributed by atoms with Crippen molar-refractivity contribution in [2.24, 2.45) is 5.92 Å². The van der Waals surface area contributed by atoms with E-state index in [1.54, 1.807) is 0 Å². The summed E-state index contributed by atoms with van der Waals surface area (Å²) in [5.74, 6) is 0.581. The molecule has 2 aromatic carbocycles. The fraction of sp³-hybridized carbons (Fsp3) is 0.500. The van der Waals surface area contributed by atoms with Gasteiger partial charge in [0.1, 0.15) is 0 Å². The fourth-order valence-corrected chi connectivity index (χ4v) is 6.45. The minimum absolute atomic E-state index is 0. The van der Waals surface area contributed by atoms with Crippen LogP contribution in [0, 0.1) is 18.4 Å². The summed E-state index contributed by atoms with van der Waals surface area (Å²) in [6.07, 6.45) is 21.3. The third-order valence-corrected chi connectivity index (χ3v) is 8.62. The van der Waals surface area contributed by atoms with Crippen LogP contribution in [-0.2, 0) is 27.5 Å².